The predicted molar refractivity (Wildman–Crippen MR) is 78.8 cm³/mol. The van der Waals surface area contributed by atoms with E-state index >= 15 is 0 Å². The zero-order valence-corrected chi connectivity index (χ0v) is 12.4. The van der Waals surface area contributed by atoms with Crippen molar-refractivity contribution >= 4 is 44.8 Å². The van der Waals surface area contributed by atoms with E-state index in [-0.39, 0.29) is 0 Å². The maximum absolute atomic E-state index is 10.9. The van der Waals surface area contributed by atoms with Gasteiger partial charge in [-0.1, -0.05) is 15.9 Å². The molecule has 0 saturated carbocycles. The molecular weight excluding hydrogens is 395 g/mol. The van der Waals surface area contributed by atoms with Gasteiger partial charge in [0.25, 0.3) is 0 Å². The minimum Gasteiger partial charge on any atom is -0.457 e. The van der Waals surface area contributed by atoms with E-state index < -0.39 is 0 Å². The van der Waals surface area contributed by atoms with Crippen molar-refractivity contribution in [1.82, 2.24) is 0 Å². The Hall–Kier alpha value is -0.880. The van der Waals surface area contributed by atoms with Crippen LogP contribution in [0, 0.1) is 3.57 Å². The monoisotopic (exact) mass is 402 g/mol. The normalized spacial score (nSPS) is 10.0. The Balaban J connectivity index is 2.31. The highest BCUT2D eigenvalue weighted by Crippen LogP contribution is 2.28. The fourth-order valence-corrected chi connectivity index (χ4v) is 2.02. The molecule has 2 nitrogen and oxygen atoms in total. The van der Waals surface area contributed by atoms with Crippen molar-refractivity contribution in [3.8, 4) is 11.5 Å². The van der Waals surface area contributed by atoms with Crippen molar-refractivity contribution in [3.05, 3.63) is 56.1 Å². The molecule has 0 N–H and O–H groups in total. The second kappa shape index (κ2) is 5.64. The molecule has 0 aliphatic heterocycles. The number of carbonyl (C=O) groups excluding carboxylic acids is 1. The number of rotatable bonds is 3. The molecular formula is C13H8BrIO2. The molecule has 0 aromatic heterocycles. The van der Waals surface area contributed by atoms with Gasteiger partial charge in [-0.15, -0.1) is 0 Å². The van der Waals surface area contributed by atoms with Crippen LogP contribution in [0.3, 0.4) is 0 Å². The summed E-state index contributed by atoms with van der Waals surface area (Å²) in [6.07, 6.45) is 0.786. The van der Waals surface area contributed by atoms with Crippen molar-refractivity contribution < 1.29 is 9.53 Å². The van der Waals surface area contributed by atoms with E-state index in [2.05, 4.69) is 38.5 Å². The number of ether oxygens (including phenoxy) is 1. The molecule has 0 unspecified atom stereocenters. The van der Waals surface area contributed by atoms with Gasteiger partial charge >= 0.3 is 0 Å². The van der Waals surface area contributed by atoms with Crippen LogP contribution in [0.15, 0.2) is 46.9 Å². The van der Waals surface area contributed by atoms with Crippen LogP contribution in [0.5, 0.6) is 11.5 Å². The van der Waals surface area contributed by atoms with Gasteiger partial charge in [0.2, 0.25) is 0 Å². The Morgan fingerprint density at radius 2 is 1.82 bits per heavy atom. The largest absolute Gasteiger partial charge is 0.457 e. The third kappa shape index (κ3) is 3.29. The van der Waals surface area contributed by atoms with Gasteiger partial charge in [0.15, 0.2) is 6.29 Å². The number of hydrogen-bond acceptors (Lipinski definition) is 2. The van der Waals surface area contributed by atoms with Crippen LogP contribution in [0.4, 0.5) is 0 Å². The lowest BCUT2D eigenvalue weighted by molar-refractivity contribution is 0.112. The first-order valence-corrected chi connectivity index (χ1v) is 6.74. The fraction of sp³-hybridized carbons (Fsp3) is 0. The summed E-state index contributed by atoms with van der Waals surface area (Å²) in [7, 11) is 0. The van der Waals surface area contributed by atoms with Crippen LogP contribution in [0.2, 0.25) is 0 Å². The van der Waals surface area contributed by atoms with E-state index in [1.54, 1.807) is 12.1 Å². The predicted octanol–water partition coefficient (Wildman–Crippen LogP) is 4.66. The summed E-state index contributed by atoms with van der Waals surface area (Å²) < 4.78 is 7.69. The van der Waals surface area contributed by atoms with Crippen LogP contribution < -0.4 is 4.74 Å². The van der Waals surface area contributed by atoms with Crippen molar-refractivity contribution in [2.75, 3.05) is 0 Å². The molecule has 86 valence electrons. The van der Waals surface area contributed by atoms with E-state index in [0.717, 1.165) is 14.3 Å². The average Bonchev–Trinajstić information content (AvgIpc) is 2.32. The smallest absolute Gasteiger partial charge is 0.153 e. The maximum atomic E-state index is 10.9. The Morgan fingerprint density at radius 1 is 1.12 bits per heavy atom. The highest BCUT2D eigenvalue weighted by molar-refractivity contribution is 14.1. The van der Waals surface area contributed by atoms with Crippen LogP contribution in [0.1, 0.15) is 10.4 Å². The van der Waals surface area contributed by atoms with E-state index in [1.807, 2.05) is 30.3 Å². The second-order valence-corrected chi connectivity index (χ2v) is 5.52. The maximum Gasteiger partial charge on any atom is 0.153 e. The van der Waals surface area contributed by atoms with E-state index in [0.29, 0.717) is 17.1 Å². The molecule has 0 aliphatic carbocycles. The molecule has 0 heterocycles. The SMILES string of the molecule is O=Cc1ccc(Br)cc1Oc1ccc(I)cc1. The molecule has 0 spiro atoms. The zero-order valence-electron chi connectivity index (χ0n) is 8.69. The average molecular weight is 403 g/mol. The number of halogens is 2. The summed E-state index contributed by atoms with van der Waals surface area (Å²) in [5.41, 5.74) is 0.534. The lowest BCUT2D eigenvalue weighted by Gasteiger charge is -2.08. The molecule has 2 aromatic rings. The van der Waals surface area contributed by atoms with Crippen LogP contribution in [-0.2, 0) is 0 Å². The first-order chi connectivity index (χ1) is 8.19. The van der Waals surface area contributed by atoms with Gasteiger partial charge in [-0.3, -0.25) is 4.79 Å². The van der Waals surface area contributed by atoms with Crippen molar-refractivity contribution in [3.63, 3.8) is 0 Å². The molecule has 0 bridgehead atoms. The summed E-state index contributed by atoms with van der Waals surface area (Å²) in [4.78, 5) is 10.9. The number of benzene rings is 2. The van der Waals surface area contributed by atoms with Crippen molar-refractivity contribution in [2.24, 2.45) is 0 Å². The molecule has 2 rings (SSSR count). The highest BCUT2D eigenvalue weighted by Gasteiger charge is 2.05. The first kappa shape index (κ1) is 12.6. The van der Waals surface area contributed by atoms with Crippen molar-refractivity contribution in [1.29, 1.82) is 0 Å². The molecule has 0 fully saturated rings. The second-order valence-electron chi connectivity index (χ2n) is 3.36. The van der Waals surface area contributed by atoms with E-state index in [1.165, 1.54) is 0 Å². The van der Waals surface area contributed by atoms with Gasteiger partial charge in [0.1, 0.15) is 11.5 Å². The summed E-state index contributed by atoms with van der Waals surface area (Å²) in [6.45, 7) is 0. The van der Waals surface area contributed by atoms with E-state index in [9.17, 15) is 4.79 Å². The summed E-state index contributed by atoms with van der Waals surface area (Å²) in [5, 5.41) is 0. The topological polar surface area (TPSA) is 26.3 Å². The zero-order chi connectivity index (χ0) is 12.3. The Labute approximate surface area is 121 Å². The van der Waals surface area contributed by atoms with E-state index in [4.69, 9.17) is 4.74 Å². The summed E-state index contributed by atoms with van der Waals surface area (Å²) in [5.74, 6) is 1.27. The Kier molecular flexibility index (Phi) is 4.17. The third-order valence-electron chi connectivity index (χ3n) is 2.14. The minimum atomic E-state index is 0.534. The molecule has 4 heteroatoms. The number of hydrogen-bond donors (Lipinski definition) is 0. The quantitative estimate of drug-likeness (QED) is 0.551. The fourth-order valence-electron chi connectivity index (χ4n) is 1.32. The molecule has 0 aliphatic rings. The van der Waals surface area contributed by atoms with Gasteiger partial charge in [0, 0.05) is 8.04 Å². The Morgan fingerprint density at radius 3 is 2.47 bits per heavy atom. The van der Waals surface area contributed by atoms with Crippen LogP contribution in [0.25, 0.3) is 0 Å². The number of aldehydes is 1. The Bertz CT molecular complexity index is 538. The summed E-state index contributed by atoms with van der Waals surface area (Å²) in [6, 6.07) is 13.0. The molecule has 0 saturated heterocycles. The van der Waals surface area contributed by atoms with Crippen LogP contribution in [-0.4, -0.2) is 6.29 Å². The van der Waals surface area contributed by atoms with Gasteiger partial charge in [-0.05, 0) is 65.1 Å². The summed E-state index contributed by atoms with van der Waals surface area (Å²) >= 11 is 5.58. The highest BCUT2D eigenvalue weighted by atomic mass is 127. The van der Waals surface area contributed by atoms with Crippen molar-refractivity contribution in [2.45, 2.75) is 0 Å². The van der Waals surface area contributed by atoms with Crippen LogP contribution >= 0.6 is 38.5 Å². The molecule has 17 heavy (non-hydrogen) atoms. The minimum absolute atomic E-state index is 0.534. The third-order valence-corrected chi connectivity index (χ3v) is 3.36. The standard InChI is InChI=1S/C13H8BrIO2/c14-10-2-1-9(8-16)13(7-10)17-12-5-3-11(15)4-6-12/h1-8H. The molecule has 2 aromatic carbocycles. The van der Waals surface area contributed by atoms with Gasteiger partial charge < -0.3 is 4.74 Å². The van der Waals surface area contributed by atoms with Gasteiger partial charge in [0.05, 0.1) is 5.56 Å². The molecule has 0 atom stereocenters. The molecule has 0 radical (unpaired) electrons. The lowest BCUT2D eigenvalue weighted by atomic mass is 10.2. The van der Waals surface area contributed by atoms with Gasteiger partial charge in [-0.2, -0.15) is 0 Å². The first-order valence-electron chi connectivity index (χ1n) is 4.87. The number of carbonyl (C=O) groups is 1. The lowest BCUT2D eigenvalue weighted by Crippen LogP contribution is -1.90. The van der Waals surface area contributed by atoms with Gasteiger partial charge in [-0.25, -0.2) is 0 Å². The molecule has 0 amide bonds.